The zero-order chi connectivity index (χ0) is 98.4. The second kappa shape index (κ2) is 50.0. The molecule has 0 N–H and O–H groups in total. The van der Waals surface area contributed by atoms with Gasteiger partial charge in [0, 0.05) is 68.2 Å². The lowest BCUT2D eigenvalue weighted by Crippen LogP contribution is -2.30. The zero-order valence-corrected chi connectivity index (χ0v) is 86.4. The van der Waals surface area contributed by atoms with Crippen LogP contribution in [0.4, 0.5) is 68.2 Å². The van der Waals surface area contributed by atoms with Crippen LogP contribution < -0.4 is 67.3 Å². The van der Waals surface area contributed by atoms with Crippen LogP contribution in [-0.4, -0.2) is 0 Å². The summed E-state index contributed by atoms with van der Waals surface area (Å²) in [5.74, 6) is 0. The number of aryl methyl sites for hydroxylation is 14. The molecule has 0 heterocycles. The Morgan fingerprint density at radius 3 is 0.376 bits per heavy atom. The maximum atomic E-state index is 2.36. The van der Waals surface area contributed by atoms with Gasteiger partial charge in [-0.2, -0.15) is 0 Å². The Labute approximate surface area is 843 Å². The number of rotatable bonds is 21. The summed E-state index contributed by atoms with van der Waals surface area (Å²) in [5, 5.41) is 12.9. The minimum absolute atomic E-state index is 0.579. The molecule has 0 aromatic heterocycles. The van der Waals surface area contributed by atoms with Crippen LogP contribution in [0.1, 0.15) is 77.9 Å². The van der Waals surface area contributed by atoms with Crippen LogP contribution in [0.2, 0.25) is 0 Å². The Morgan fingerprint density at radius 1 is 0.113 bits per heavy atom. The first-order valence-corrected chi connectivity index (χ1v) is 52.6. The molecule has 0 amide bonds. The molecule has 141 heavy (non-hydrogen) atoms. The molecule has 0 bridgehead atoms. The fraction of sp³-hybridized carbons (Fsp3) is 0.104. The highest BCUT2D eigenvalue weighted by Crippen LogP contribution is 2.44. The van der Waals surface area contributed by atoms with E-state index in [1.54, 1.807) is 0 Å². The molecule has 0 spiro atoms. The SMILES string of the molecule is Cc1cc(C)c(P(c2c(C)cc(C)cc2C)c2c(C)cc(C)cc2C)c(C)c1.Cc1ccc(N(c2ccccc2)c2ccc(C)cc2)cc1.Cc1ccc(N(c2ccccc2)c2ccc(C)cc2)cc1.Cc1ccc(N(c2ccccc2)c2ccccc2)cc1.c1ccc(N(c2ccccc2)c2ccccc2)cc1.c1ccc(P(c2ccccc2)c2ccc(P(c3ccccc3)c3ccccc3)cc2)cc1. The van der Waals surface area contributed by atoms with E-state index in [1.807, 2.05) is 42.5 Å². The highest BCUT2D eigenvalue weighted by Gasteiger charge is 2.28. The van der Waals surface area contributed by atoms with Crippen molar-refractivity contribution in [2.75, 3.05) is 19.6 Å². The average Bonchev–Trinajstić information content (AvgIpc) is 0.743. The Bertz CT molecular complexity index is 6480. The number of benzene rings is 20. The van der Waals surface area contributed by atoms with Gasteiger partial charge >= 0.3 is 0 Å². The third-order valence-corrected chi connectivity index (χ3v) is 32.9. The number of para-hydroxylation sites is 7. The number of nitrogens with zero attached hydrogens (tertiary/aromatic N) is 4. The number of anilines is 12. The van der Waals surface area contributed by atoms with Gasteiger partial charge in [-0.15, -0.1) is 0 Å². The van der Waals surface area contributed by atoms with E-state index >= 15 is 0 Å². The van der Waals surface area contributed by atoms with Crippen molar-refractivity contribution >= 4 is 140 Å². The van der Waals surface area contributed by atoms with E-state index in [2.05, 4.69) is 590 Å². The van der Waals surface area contributed by atoms with Crippen molar-refractivity contribution in [3.05, 3.63) is 594 Å². The van der Waals surface area contributed by atoms with E-state index in [-0.39, 0.29) is 0 Å². The van der Waals surface area contributed by atoms with Crippen molar-refractivity contribution in [3.63, 3.8) is 0 Å². The zero-order valence-electron chi connectivity index (χ0n) is 83.7. The van der Waals surface area contributed by atoms with Gasteiger partial charge in [0.2, 0.25) is 0 Å². The molecule has 0 radical (unpaired) electrons. The molecular formula is C134H127N4P3. The molecule has 0 saturated carbocycles. The minimum atomic E-state index is -0.608. The predicted molar refractivity (Wildman–Crippen MR) is 620 cm³/mol. The lowest BCUT2D eigenvalue weighted by atomic mass is 10.1. The van der Waals surface area contributed by atoms with Gasteiger partial charge < -0.3 is 19.6 Å². The fourth-order valence-electron chi connectivity index (χ4n) is 18.2. The Kier molecular flexibility index (Phi) is 35.5. The molecule has 20 rings (SSSR count). The normalized spacial score (nSPS) is 10.7. The van der Waals surface area contributed by atoms with Gasteiger partial charge in [-0.1, -0.05) is 415 Å². The van der Waals surface area contributed by atoms with Crippen LogP contribution in [0, 0.1) is 96.9 Å². The molecule has 0 aliphatic rings. The van der Waals surface area contributed by atoms with Gasteiger partial charge in [-0.05, 0) is 347 Å². The molecule has 7 heteroatoms. The lowest BCUT2D eigenvalue weighted by Gasteiger charge is -2.30. The van der Waals surface area contributed by atoms with Crippen molar-refractivity contribution in [3.8, 4) is 0 Å². The third kappa shape index (κ3) is 26.9. The predicted octanol–water partition coefficient (Wildman–Crippen LogP) is 33.6. The highest BCUT2D eigenvalue weighted by atomic mass is 31.1. The van der Waals surface area contributed by atoms with Crippen molar-refractivity contribution < 1.29 is 0 Å². The minimum Gasteiger partial charge on any atom is -0.311 e. The van der Waals surface area contributed by atoms with Crippen LogP contribution in [0.5, 0.6) is 0 Å². The molecule has 0 aliphatic carbocycles. The summed E-state index contributed by atoms with van der Waals surface area (Å²) in [7, 11) is -1.77. The third-order valence-electron chi connectivity index (χ3n) is 24.6. The molecule has 0 saturated heterocycles. The molecule has 0 unspecified atom stereocenters. The summed E-state index contributed by atoms with van der Waals surface area (Å²) in [6, 6.07) is 183. The summed E-state index contributed by atoms with van der Waals surface area (Å²) in [5.41, 5.74) is 33.0. The molecular weight excluding hydrogens is 1760 g/mol. The Balaban J connectivity index is 0.000000129. The van der Waals surface area contributed by atoms with Crippen molar-refractivity contribution in [1.29, 1.82) is 0 Å². The lowest BCUT2D eigenvalue weighted by molar-refractivity contribution is 1.27. The molecule has 4 nitrogen and oxygen atoms in total. The smallest absolute Gasteiger partial charge is 0.0461 e. The van der Waals surface area contributed by atoms with Crippen molar-refractivity contribution in [2.45, 2.75) is 96.9 Å². The molecule has 698 valence electrons. The van der Waals surface area contributed by atoms with E-state index in [0.29, 0.717) is 0 Å². The monoisotopic (exact) mass is 1880 g/mol. The topological polar surface area (TPSA) is 13.0 Å². The average molecular weight is 1890 g/mol. The quantitative estimate of drug-likeness (QED) is 0.0665. The van der Waals surface area contributed by atoms with Crippen LogP contribution in [0.25, 0.3) is 0 Å². The first kappa shape index (κ1) is 100. The highest BCUT2D eigenvalue weighted by molar-refractivity contribution is 7.81. The maximum absolute atomic E-state index is 2.36. The van der Waals surface area contributed by atoms with Gasteiger partial charge in [-0.25, -0.2) is 0 Å². The van der Waals surface area contributed by atoms with Crippen LogP contribution in [0.15, 0.2) is 516 Å². The number of hydrogen-bond donors (Lipinski definition) is 0. The van der Waals surface area contributed by atoms with Crippen molar-refractivity contribution in [2.24, 2.45) is 0 Å². The summed E-state index contributed by atoms with van der Waals surface area (Å²) in [4.78, 5) is 9.07. The van der Waals surface area contributed by atoms with E-state index < -0.39 is 23.8 Å². The summed E-state index contributed by atoms with van der Waals surface area (Å²) < 4.78 is 0. The molecule has 20 aromatic rings. The first-order valence-electron chi connectivity index (χ1n) is 48.6. The van der Waals surface area contributed by atoms with Gasteiger partial charge in [0.05, 0.1) is 0 Å². The maximum Gasteiger partial charge on any atom is 0.0461 e. The van der Waals surface area contributed by atoms with Crippen LogP contribution >= 0.6 is 23.8 Å². The number of hydrogen-bond acceptors (Lipinski definition) is 4. The molecule has 0 fully saturated rings. The summed E-state index contributed by atoms with van der Waals surface area (Å²) in [6.45, 7) is 30.9. The summed E-state index contributed by atoms with van der Waals surface area (Å²) >= 11 is 0. The molecule has 20 aromatic carbocycles. The molecule has 0 atom stereocenters. The van der Waals surface area contributed by atoms with E-state index in [9.17, 15) is 0 Å². The fourth-order valence-corrected chi connectivity index (χ4v) is 25.9. The van der Waals surface area contributed by atoms with Crippen molar-refractivity contribution in [1.82, 2.24) is 0 Å². The van der Waals surface area contributed by atoms with Crippen LogP contribution in [-0.2, 0) is 0 Å². The second-order valence-corrected chi connectivity index (χ2v) is 42.4. The van der Waals surface area contributed by atoms with E-state index in [4.69, 9.17) is 0 Å². The Hall–Kier alpha value is -15.1. The molecule has 0 aliphatic heterocycles. The van der Waals surface area contributed by atoms with Gasteiger partial charge in [-0.3, -0.25) is 0 Å². The van der Waals surface area contributed by atoms with Gasteiger partial charge in [0.25, 0.3) is 0 Å². The Morgan fingerprint density at radius 2 is 0.234 bits per heavy atom. The van der Waals surface area contributed by atoms with Gasteiger partial charge in [0.1, 0.15) is 0 Å². The standard InChI is InChI=1S/C30H24P2.C27H33P.2C20H19N.C19H17N.C18H15N/c1-5-13-25(14-6-1)31(26-15-7-2-8-16-26)29-21-23-30(24-22-29)32(27-17-9-3-10-18-27)28-19-11-4-12-20-28;1-16-10-19(4)25(20(5)11-16)28(26-21(6)12-17(2)13-22(26)7)27-23(8)14-18(3)15-24(27)9;2*1-16-8-12-19(13-9-16)21(18-6-4-3-5-7-18)20-14-10-17(2)11-15-20;1-16-12-14-19(15-13-16)20(17-8-4-2-5-9-17)18-10-6-3-7-11-18;1-4-10-16(11-5-1)19(17-12-6-2-7-13-17)18-14-8-3-9-15-18/h1-24H;10-15H,1-9H3;2*3-15H,1-2H3;2-15H,1H3;1-15H. The largest absolute Gasteiger partial charge is 0.311 e. The van der Waals surface area contributed by atoms with E-state index in [1.165, 1.54) is 194 Å². The first-order chi connectivity index (χ1) is 68.8. The summed E-state index contributed by atoms with van der Waals surface area (Å²) in [6.07, 6.45) is 0. The van der Waals surface area contributed by atoms with Gasteiger partial charge in [0.15, 0.2) is 0 Å². The van der Waals surface area contributed by atoms with Crippen LogP contribution in [0.3, 0.4) is 0 Å². The second-order valence-electron chi connectivity index (χ2n) is 36.0. The van der Waals surface area contributed by atoms with E-state index in [0.717, 1.165) is 0 Å².